The van der Waals surface area contributed by atoms with Crippen LogP contribution in [-0.2, 0) is 4.79 Å². The Hall–Kier alpha value is -3.07. The van der Waals surface area contributed by atoms with Crippen LogP contribution in [0.1, 0.15) is 49.5 Å². The van der Waals surface area contributed by atoms with Gasteiger partial charge in [-0.2, -0.15) is 5.10 Å². The molecule has 2 aromatic carbocycles. The van der Waals surface area contributed by atoms with Crippen molar-refractivity contribution in [3.05, 3.63) is 52.0 Å². The summed E-state index contributed by atoms with van der Waals surface area (Å²) in [6.07, 6.45) is 3.48. The normalized spacial score (nSPS) is 11.9. The third-order valence-electron chi connectivity index (χ3n) is 4.97. The van der Waals surface area contributed by atoms with E-state index in [1.54, 1.807) is 44.6 Å². The highest BCUT2D eigenvalue weighted by Gasteiger charge is 2.24. The number of amides is 2. The minimum absolute atomic E-state index is 0.147. The second-order valence-corrected chi connectivity index (χ2v) is 8.75. The Bertz CT molecular complexity index is 993. The smallest absolute Gasteiger partial charge is 0.262 e. The second kappa shape index (κ2) is 13.6. The van der Waals surface area contributed by atoms with Crippen molar-refractivity contribution >= 4 is 34.0 Å². The number of halogens is 1. The lowest BCUT2D eigenvalue weighted by molar-refractivity contribution is -0.123. The molecule has 0 aliphatic heterocycles. The highest BCUT2D eigenvalue weighted by atomic mass is 79.9. The lowest BCUT2D eigenvalue weighted by atomic mass is 10.0. The Labute approximate surface area is 209 Å². The zero-order valence-corrected chi connectivity index (χ0v) is 21.8. The minimum atomic E-state index is -0.762. The van der Waals surface area contributed by atoms with Crippen molar-refractivity contribution in [2.45, 2.75) is 39.7 Å². The standard InChI is InChI=1S/C25H32BrN3O5/c1-6-7-12-34-23-20(26)13-17(14-21(23)33-5)15-27-29-25(31)22(16(2)3)28-24(30)18-8-10-19(32-4)11-9-18/h8-11,13-16,22H,6-7,12H2,1-5H3,(H,28,30)(H,29,31). The van der Waals surface area contributed by atoms with Crippen LogP contribution < -0.4 is 25.0 Å². The predicted molar refractivity (Wildman–Crippen MR) is 136 cm³/mol. The quantitative estimate of drug-likeness (QED) is 0.237. The Morgan fingerprint density at radius 1 is 1.12 bits per heavy atom. The monoisotopic (exact) mass is 533 g/mol. The third-order valence-corrected chi connectivity index (χ3v) is 5.56. The van der Waals surface area contributed by atoms with Gasteiger partial charge in [0.25, 0.3) is 11.8 Å². The molecule has 0 aliphatic carbocycles. The van der Waals surface area contributed by atoms with Crippen molar-refractivity contribution in [2.75, 3.05) is 20.8 Å². The molecular weight excluding hydrogens is 502 g/mol. The van der Waals surface area contributed by atoms with Gasteiger partial charge in [0.1, 0.15) is 11.8 Å². The molecule has 0 radical (unpaired) electrons. The molecule has 0 aromatic heterocycles. The van der Waals surface area contributed by atoms with Crippen LogP contribution in [0.15, 0.2) is 46.0 Å². The maximum absolute atomic E-state index is 12.7. The molecule has 2 N–H and O–H groups in total. The molecule has 0 bridgehead atoms. The van der Waals surface area contributed by atoms with E-state index in [-0.39, 0.29) is 11.8 Å². The number of carbonyl (C=O) groups is 2. The molecule has 0 heterocycles. The van der Waals surface area contributed by atoms with Gasteiger partial charge in [-0.3, -0.25) is 9.59 Å². The molecule has 0 aliphatic rings. The van der Waals surface area contributed by atoms with E-state index in [4.69, 9.17) is 14.2 Å². The fraction of sp³-hybridized carbons (Fsp3) is 0.400. The van der Waals surface area contributed by atoms with Crippen LogP contribution in [-0.4, -0.2) is 44.9 Å². The van der Waals surface area contributed by atoms with Crippen molar-refractivity contribution in [1.82, 2.24) is 10.7 Å². The number of hydrogen-bond acceptors (Lipinski definition) is 6. The number of methoxy groups -OCH3 is 2. The highest BCUT2D eigenvalue weighted by molar-refractivity contribution is 9.10. The molecule has 0 saturated heterocycles. The van der Waals surface area contributed by atoms with Gasteiger partial charge in [-0.25, -0.2) is 5.43 Å². The van der Waals surface area contributed by atoms with E-state index in [1.807, 2.05) is 19.9 Å². The van der Waals surface area contributed by atoms with Gasteiger partial charge in [0, 0.05) is 5.56 Å². The second-order valence-electron chi connectivity index (χ2n) is 7.89. The first-order valence-electron chi connectivity index (χ1n) is 11.1. The number of nitrogens with zero attached hydrogens (tertiary/aromatic N) is 1. The SMILES string of the molecule is CCCCOc1c(Br)cc(C=NNC(=O)C(NC(=O)c2ccc(OC)cc2)C(C)C)cc1OC. The summed E-state index contributed by atoms with van der Waals surface area (Å²) in [4.78, 5) is 25.3. The van der Waals surface area contributed by atoms with Gasteiger partial charge in [-0.05, 0) is 70.2 Å². The molecule has 0 fully saturated rings. The van der Waals surface area contributed by atoms with Crippen molar-refractivity contribution in [3.63, 3.8) is 0 Å². The summed E-state index contributed by atoms with van der Waals surface area (Å²) in [6.45, 7) is 6.38. The number of rotatable bonds is 12. The van der Waals surface area contributed by atoms with E-state index >= 15 is 0 Å². The number of benzene rings is 2. The first-order valence-corrected chi connectivity index (χ1v) is 11.9. The molecule has 184 valence electrons. The van der Waals surface area contributed by atoms with Crippen LogP contribution >= 0.6 is 15.9 Å². The van der Waals surface area contributed by atoms with Gasteiger partial charge in [0.15, 0.2) is 11.5 Å². The van der Waals surface area contributed by atoms with Gasteiger partial charge >= 0.3 is 0 Å². The average molecular weight is 534 g/mol. The Balaban J connectivity index is 2.05. The molecule has 0 saturated carbocycles. The molecular formula is C25H32BrN3O5. The van der Waals surface area contributed by atoms with Gasteiger partial charge in [-0.1, -0.05) is 27.2 Å². The topological polar surface area (TPSA) is 98.2 Å². The Morgan fingerprint density at radius 3 is 2.41 bits per heavy atom. The number of ether oxygens (including phenoxy) is 3. The summed E-state index contributed by atoms with van der Waals surface area (Å²) in [5.41, 5.74) is 3.64. The van der Waals surface area contributed by atoms with E-state index in [9.17, 15) is 9.59 Å². The fourth-order valence-corrected chi connectivity index (χ4v) is 3.59. The molecule has 8 nitrogen and oxygen atoms in total. The van der Waals surface area contributed by atoms with E-state index in [0.717, 1.165) is 17.3 Å². The van der Waals surface area contributed by atoms with E-state index in [0.29, 0.717) is 35.0 Å². The molecule has 1 atom stereocenters. The molecule has 9 heteroatoms. The van der Waals surface area contributed by atoms with Crippen LogP contribution in [0.4, 0.5) is 0 Å². The van der Waals surface area contributed by atoms with Crippen LogP contribution in [0.2, 0.25) is 0 Å². The average Bonchev–Trinajstić information content (AvgIpc) is 2.83. The maximum atomic E-state index is 12.7. The molecule has 2 rings (SSSR count). The van der Waals surface area contributed by atoms with Crippen LogP contribution in [0.5, 0.6) is 17.2 Å². The van der Waals surface area contributed by atoms with E-state index in [1.165, 1.54) is 6.21 Å². The molecule has 0 spiro atoms. The third kappa shape index (κ3) is 7.76. The number of unbranched alkanes of at least 4 members (excludes halogenated alkanes) is 1. The first-order chi connectivity index (χ1) is 16.3. The lowest BCUT2D eigenvalue weighted by Gasteiger charge is -2.20. The lowest BCUT2D eigenvalue weighted by Crippen LogP contribution is -2.48. The number of hydrazone groups is 1. The van der Waals surface area contributed by atoms with Crippen LogP contribution in [0, 0.1) is 5.92 Å². The number of carbonyl (C=O) groups excluding carboxylic acids is 2. The van der Waals surface area contributed by atoms with Crippen molar-refractivity contribution in [2.24, 2.45) is 11.0 Å². The minimum Gasteiger partial charge on any atom is -0.497 e. The van der Waals surface area contributed by atoms with Gasteiger partial charge in [0.05, 0.1) is 31.5 Å². The fourth-order valence-electron chi connectivity index (χ4n) is 3.01. The largest absolute Gasteiger partial charge is 0.497 e. The van der Waals surface area contributed by atoms with Crippen molar-refractivity contribution in [3.8, 4) is 17.2 Å². The molecule has 2 amide bonds. The molecule has 2 aromatic rings. The number of hydrogen-bond donors (Lipinski definition) is 2. The Kier molecular flexibility index (Phi) is 10.9. The molecule has 1 unspecified atom stereocenters. The highest BCUT2D eigenvalue weighted by Crippen LogP contribution is 2.36. The zero-order chi connectivity index (χ0) is 25.1. The maximum Gasteiger partial charge on any atom is 0.262 e. The predicted octanol–water partition coefficient (Wildman–Crippen LogP) is 4.55. The van der Waals surface area contributed by atoms with Crippen LogP contribution in [0.3, 0.4) is 0 Å². The van der Waals surface area contributed by atoms with Crippen LogP contribution in [0.25, 0.3) is 0 Å². The molecule has 34 heavy (non-hydrogen) atoms. The summed E-state index contributed by atoms with van der Waals surface area (Å²) in [7, 11) is 3.12. The van der Waals surface area contributed by atoms with Gasteiger partial charge < -0.3 is 19.5 Å². The Morgan fingerprint density at radius 2 is 1.82 bits per heavy atom. The van der Waals surface area contributed by atoms with E-state index in [2.05, 4.69) is 38.7 Å². The van der Waals surface area contributed by atoms with Crippen molar-refractivity contribution < 1.29 is 23.8 Å². The van der Waals surface area contributed by atoms with Crippen molar-refractivity contribution in [1.29, 1.82) is 0 Å². The summed E-state index contributed by atoms with van der Waals surface area (Å²) in [5, 5.41) is 6.83. The summed E-state index contributed by atoms with van der Waals surface area (Å²) < 4.78 is 17.1. The number of nitrogens with one attached hydrogen (secondary N) is 2. The summed E-state index contributed by atoms with van der Waals surface area (Å²) in [5.74, 6) is 0.911. The zero-order valence-electron chi connectivity index (χ0n) is 20.2. The first kappa shape index (κ1) is 27.2. The van der Waals surface area contributed by atoms with E-state index < -0.39 is 11.9 Å². The summed E-state index contributed by atoms with van der Waals surface area (Å²) >= 11 is 3.50. The van der Waals surface area contributed by atoms with Gasteiger partial charge in [0.2, 0.25) is 0 Å². The summed E-state index contributed by atoms with van der Waals surface area (Å²) in [6, 6.07) is 9.50. The van der Waals surface area contributed by atoms with Gasteiger partial charge in [-0.15, -0.1) is 0 Å².